The SMILES string of the molecule is CC(C)Oc1ccc(NC2=C(Cl)C(=O)N(Cc3ccccc3)C2=O)cc1. The summed E-state index contributed by atoms with van der Waals surface area (Å²) in [5.41, 5.74) is 1.59. The molecule has 0 bridgehead atoms. The van der Waals surface area contributed by atoms with E-state index in [4.69, 9.17) is 16.3 Å². The lowest BCUT2D eigenvalue weighted by Gasteiger charge is -2.15. The largest absolute Gasteiger partial charge is 0.491 e. The molecule has 2 amide bonds. The molecule has 2 aromatic carbocycles. The second-order valence-electron chi connectivity index (χ2n) is 6.19. The minimum absolute atomic E-state index is 0.0755. The van der Waals surface area contributed by atoms with Crippen LogP contribution in [0.25, 0.3) is 0 Å². The Bertz CT molecular complexity index is 845. The van der Waals surface area contributed by atoms with Crippen LogP contribution in [0.15, 0.2) is 65.3 Å². The molecule has 1 aliphatic heterocycles. The smallest absolute Gasteiger partial charge is 0.279 e. The topological polar surface area (TPSA) is 58.6 Å². The predicted octanol–water partition coefficient (Wildman–Crippen LogP) is 3.91. The van der Waals surface area contributed by atoms with Crippen LogP contribution in [0.5, 0.6) is 5.75 Å². The number of nitrogens with one attached hydrogen (secondary N) is 1. The molecule has 0 radical (unpaired) electrons. The Hall–Kier alpha value is -2.79. The average molecular weight is 371 g/mol. The van der Waals surface area contributed by atoms with Crippen LogP contribution in [0.2, 0.25) is 0 Å². The Morgan fingerprint density at radius 2 is 1.65 bits per heavy atom. The third kappa shape index (κ3) is 3.89. The molecule has 2 aromatic rings. The van der Waals surface area contributed by atoms with Gasteiger partial charge in [-0.05, 0) is 43.7 Å². The van der Waals surface area contributed by atoms with E-state index in [-0.39, 0.29) is 23.4 Å². The zero-order chi connectivity index (χ0) is 18.7. The van der Waals surface area contributed by atoms with E-state index < -0.39 is 11.8 Å². The number of hydrogen-bond acceptors (Lipinski definition) is 4. The van der Waals surface area contributed by atoms with Crippen molar-refractivity contribution < 1.29 is 14.3 Å². The van der Waals surface area contributed by atoms with Crippen molar-refractivity contribution in [3.63, 3.8) is 0 Å². The fourth-order valence-electron chi connectivity index (χ4n) is 2.60. The molecule has 26 heavy (non-hydrogen) atoms. The van der Waals surface area contributed by atoms with E-state index >= 15 is 0 Å². The molecule has 0 spiro atoms. The first kappa shape index (κ1) is 18.0. The number of imide groups is 1. The molecule has 0 unspecified atom stereocenters. The van der Waals surface area contributed by atoms with Crippen molar-refractivity contribution in [2.24, 2.45) is 0 Å². The number of carbonyl (C=O) groups is 2. The fourth-order valence-corrected chi connectivity index (χ4v) is 2.83. The van der Waals surface area contributed by atoms with Crippen molar-refractivity contribution in [1.29, 1.82) is 0 Å². The second kappa shape index (κ2) is 7.62. The van der Waals surface area contributed by atoms with Crippen molar-refractivity contribution in [3.8, 4) is 5.75 Å². The summed E-state index contributed by atoms with van der Waals surface area (Å²) in [6.07, 6.45) is 0.0755. The van der Waals surface area contributed by atoms with E-state index in [0.717, 1.165) is 16.2 Å². The number of rotatable bonds is 6. The minimum Gasteiger partial charge on any atom is -0.491 e. The van der Waals surface area contributed by atoms with Crippen molar-refractivity contribution in [2.75, 3.05) is 5.32 Å². The van der Waals surface area contributed by atoms with Crippen LogP contribution in [0.1, 0.15) is 19.4 Å². The highest BCUT2D eigenvalue weighted by atomic mass is 35.5. The molecule has 1 N–H and O–H groups in total. The van der Waals surface area contributed by atoms with E-state index in [1.165, 1.54) is 0 Å². The van der Waals surface area contributed by atoms with Gasteiger partial charge in [-0.2, -0.15) is 0 Å². The molecule has 1 heterocycles. The quantitative estimate of drug-likeness (QED) is 0.783. The molecular weight excluding hydrogens is 352 g/mol. The maximum Gasteiger partial charge on any atom is 0.279 e. The molecule has 134 valence electrons. The first-order chi connectivity index (χ1) is 12.5. The molecule has 3 rings (SSSR count). The van der Waals surface area contributed by atoms with Gasteiger partial charge in [0.05, 0.1) is 12.6 Å². The molecule has 0 fully saturated rings. The molecule has 1 aliphatic rings. The Kier molecular flexibility index (Phi) is 5.28. The summed E-state index contributed by atoms with van der Waals surface area (Å²) in [6.45, 7) is 4.07. The van der Waals surface area contributed by atoms with Crippen LogP contribution in [-0.2, 0) is 16.1 Å². The lowest BCUT2D eigenvalue weighted by Crippen LogP contribution is -2.31. The number of ether oxygens (including phenoxy) is 1. The van der Waals surface area contributed by atoms with Gasteiger partial charge in [0.1, 0.15) is 16.5 Å². The third-order valence-electron chi connectivity index (χ3n) is 3.79. The second-order valence-corrected chi connectivity index (χ2v) is 6.56. The van der Waals surface area contributed by atoms with E-state index in [1.807, 2.05) is 44.2 Å². The van der Waals surface area contributed by atoms with Gasteiger partial charge in [0.15, 0.2) is 0 Å². The van der Waals surface area contributed by atoms with Gasteiger partial charge < -0.3 is 10.1 Å². The Labute approximate surface area is 157 Å². The molecule has 0 aliphatic carbocycles. The van der Waals surface area contributed by atoms with E-state index in [0.29, 0.717) is 5.69 Å². The number of hydrogen-bond donors (Lipinski definition) is 1. The lowest BCUT2D eigenvalue weighted by atomic mass is 10.2. The zero-order valence-corrected chi connectivity index (χ0v) is 15.3. The van der Waals surface area contributed by atoms with Gasteiger partial charge in [-0.15, -0.1) is 0 Å². The van der Waals surface area contributed by atoms with Gasteiger partial charge in [0.2, 0.25) is 0 Å². The van der Waals surface area contributed by atoms with E-state index in [2.05, 4.69) is 5.32 Å². The van der Waals surface area contributed by atoms with Gasteiger partial charge >= 0.3 is 0 Å². The fraction of sp³-hybridized carbons (Fsp3) is 0.200. The molecule has 0 aromatic heterocycles. The van der Waals surface area contributed by atoms with Crippen molar-refractivity contribution in [3.05, 3.63) is 70.9 Å². The number of nitrogens with zero attached hydrogens (tertiary/aromatic N) is 1. The van der Waals surface area contributed by atoms with Crippen molar-refractivity contribution in [2.45, 2.75) is 26.5 Å². The summed E-state index contributed by atoms with van der Waals surface area (Å²) in [5, 5.41) is 2.84. The third-order valence-corrected chi connectivity index (χ3v) is 4.14. The Morgan fingerprint density at radius 3 is 2.27 bits per heavy atom. The first-order valence-electron chi connectivity index (χ1n) is 8.29. The van der Waals surface area contributed by atoms with E-state index in [9.17, 15) is 9.59 Å². The maximum absolute atomic E-state index is 12.6. The maximum atomic E-state index is 12.6. The summed E-state index contributed by atoms with van der Waals surface area (Å²) in [6, 6.07) is 16.4. The van der Waals surface area contributed by atoms with Crippen LogP contribution < -0.4 is 10.1 Å². The number of carbonyl (C=O) groups excluding carboxylic acids is 2. The van der Waals surface area contributed by atoms with Gasteiger partial charge in [0.25, 0.3) is 11.8 Å². The number of halogens is 1. The monoisotopic (exact) mass is 370 g/mol. The van der Waals surface area contributed by atoms with Crippen molar-refractivity contribution >= 4 is 29.1 Å². The molecule has 6 heteroatoms. The van der Waals surface area contributed by atoms with Crippen LogP contribution in [-0.4, -0.2) is 22.8 Å². The molecule has 5 nitrogen and oxygen atoms in total. The molecule has 0 atom stereocenters. The minimum atomic E-state index is -0.497. The lowest BCUT2D eigenvalue weighted by molar-refractivity contribution is -0.138. The number of anilines is 1. The highest BCUT2D eigenvalue weighted by Crippen LogP contribution is 2.27. The van der Waals surface area contributed by atoms with Crippen LogP contribution >= 0.6 is 11.6 Å². The van der Waals surface area contributed by atoms with Crippen LogP contribution in [0.3, 0.4) is 0 Å². The van der Waals surface area contributed by atoms with Gasteiger partial charge in [0, 0.05) is 5.69 Å². The number of amides is 2. The van der Waals surface area contributed by atoms with Crippen LogP contribution in [0.4, 0.5) is 5.69 Å². The summed E-state index contributed by atoms with van der Waals surface area (Å²) in [7, 11) is 0. The van der Waals surface area contributed by atoms with E-state index in [1.54, 1.807) is 24.3 Å². The Morgan fingerprint density at radius 1 is 1.00 bits per heavy atom. The van der Waals surface area contributed by atoms with Crippen LogP contribution in [0, 0.1) is 0 Å². The predicted molar refractivity (Wildman–Crippen MR) is 101 cm³/mol. The summed E-state index contributed by atoms with van der Waals surface area (Å²) in [4.78, 5) is 26.1. The molecule has 0 saturated heterocycles. The molecular formula is C20H19ClN2O3. The first-order valence-corrected chi connectivity index (χ1v) is 8.67. The van der Waals surface area contributed by atoms with Gasteiger partial charge in [-0.3, -0.25) is 14.5 Å². The molecule has 0 saturated carbocycles. The summed E-state index contributed by atoms with van der Waals surface area (Å²) < 4.78 is 5.59. The summed E-state index contributed by atoms with van der Waals surface area (Å²) in [5.74, 6) is -0.209. The highest BCUT2D eigenvalue weighted by Gasteiger charge is 2.37. The van der Waals surface area contributed by atoms with Gasteiger partial charge in [-0.1, -0.05) is 41.9 Å². The highest BCUT2D eigenvalue weighted by molar-refractivity contribution is 6.48. The Balaban J connectivity index is 1.73. The average Bonchev–Trinajstić information content (AvgIpc) is 2.82. The zero-order valence-electron chi connectivity index (χ0n) is 14.5. The number of benzene rings is 2. The standard InChI is InChI=1S/C20H19ClN2O3/c1-13(2)26-16-10-8-15(9-11-16)22-18-17(21)19(24)23(20(18)25)12-14-6-4-3-5-7-14/h3-11,13,22H,12H2,1-2H3. The van der Waals surface area contributed by atoms with Crippen molar-refractivity contribution in [1.82, 2.24) is 4.90 Å². The normalized spacial score (nSPS) is 14.4. The summed E-state index contributed by atoms with van der Waals surface area (Å²) >= 11 is 6.11. The van der Waals surface area contributed by atoms with Gasteiger partial charge in [-0.25, -0.2) is 0 Å².